The zero-order valence-corrected chi connectivity index (χ0v) is 17.5. The molecule has 32 heavy (non-hydrogen) atoms. The van der Waals surface area contributed by atoms with Gasteiger partial charge in [0.15, 0.2) is 0 Å². The number of carbonyl (C=O) groups is 1. The maximum atomic E-state index is 12.5. The highest BCUT2D eigenvalue weighted by atomic mass is 16.5. The quantitative estimate of drug-likeness (QED) is 0.479. The first-order valence-corrected chi connectivity index (χ1v) is 10.7. The Bertz CT molecular complexity index is 1320. The molecule has 164 valence electrons. The number of pyridine rings is 2. The first-order valence-electron chi connectivity index (χ1n) is 10.7. The number of nitrogens with one attached hydrogen (secondary N) is 2. The van der Waals surface area contributed by atoms with E-state index in [0.717, 1.165) is 49.5 Å². The summed E-state index contributed by atoms with van der Waals surface area (Å²) in [7, 11) is 0. The maximum absolute atomic E-state index is 12.5. The zero-order valence-electron chi connectivity index (χ0n) is 17.5. The van der Waals surface area contributed by atoms with Crippen LogP contribution in [0.4, 0.5) is 0 Å². The van der Waals surface area contributed by atoms with Gasteiger partial charge in [0.2, 0.25) is 0 Å². The van der Waals surface area contributed by atoms with Gasteiger partial charge < -0.3 is 19.8 Å². The molecule has 1 unspecified atom stereocenters. The molecule has 0 bridgehead atoms. The van der Waals surface area contributed by atoms with Crippen LogP contribution in [0.3, 0.4) is 0 Å². The fraction of sp³-hybridized carbons (Fsp3) is 0.304. The van der Waals surface area contributed by atoms with Crippen LogP contribution in [0.1, 0.15) is 34.6 Å². The normalized spacial score (nSPS) is 16.4. The van der Waals surface area contributed by atoms with Crippen LogP contribution in [0.25, 0.3) is 11.3 Å². The summed E-state index contributed by atoms with van der Waals surface area (Å²) in [6, 6.07) is 10.8. The predicted octanol–water partition coefficient (Wildman–Crippen LogP) is 1.54. The molecule has 5 heterocycles. The van der Waals surface area contributed by atoms with Crippen molar-refractivity contribution < 1.29 is 9.53 Å². The molecule has 0 aliphatic carbocycles. The fourth-order valence-corrected chi connectivity index (χ4v) is 3.88. The van der Waals surface area contributed by atoms with E-state index in [1.54, 1.807) is 24.4 Å². The predicted molar refractivity (Wildman–Crippen MR) is 119 cm³/mol. The summed E-state index contributed by atoms with van der Waals surface area (Å²) in [6.45, 7) is 2.61. The molecule has 2 N–H and O–H groups in total. The van der Waals surface area contributed by atoms with Gasteiger partial charge in [0.05, 0.1) is 18.8 Å². The molecule has 1 fully saturated rings. The number of amides is 1. The standard InChI is InChI=1S/C23H24N6O3/c30-22-10-19(27-21-5-1-2-8-29(21)22)23(31)25-12-18-14-28-13-16(6-7-20(28)26-18)11-24-17-4-3-9-32-15-17/h1-2,5-8,10,13-14,17,24H,3-4,9,11-12,15H2,(H,25,31). The van der Waals surface area contributed by atoms with Gasteiger partial charge in [0.1, 0.15) is 17.0 Å². The lowest BCUT2D eigenvalue weighted by Crippen LogP contribution is -2.36. The molecule has 0 radical (unpaired) electrons. The largest absolute Gasteiger partial charge is 0.380 e. The summed E-state index contributed by atoms with van der Waals surface area (Å²) in [5.41, 5.74) is 2.90. The number of hydrogen-bond donors (Lipinski definition) is 2. The molecule has 1 aliphatic heterocycles. The van der Waals surface area contributed by atoms with Gasteiger partial charge in [-0.15, -0.1) is 0 Å². The van der Waals surface area contributed by atoms with Crippen molar-refractivity contribution in [2.24, 2.45) is 0 Å². The average molecular weight is 432 g/mol. The lowest BCUT2D eigenvalue weighted by molar-refractivity contribution is 0.0699. The lowest BCUT2D eigenvalue weighted by atomic mass is 10.1. The molecule has 4 aromatic heterocycles. The van der Waals surface area contributed by atoms with Crippen LogP contribution in [0, 0.1) is 0 Å². The van der Waals surface area contributed by atoms with Crippen molar-refractivity contribution in [3.63, 3.8) is 0 Å². The second-order valence-electron chi connectivity index (χ2n) is 7.92. The SMILES string of the molecule is O=C(NCc1cn2cc(CNC3CCCOC3)ccc2n1)c1cc(=O)n2ccccc2n1. The Labute approximate surface area is 184 Å². The molecular formula is C23H24N6O3. The van der Waals surface area contributed by atoms with Crippen LogP contribution in [0.2, 0.25) is 0 Å². The van der Waals surface area contributed by atoms with Gasteiger partial charge >= 0.3 is 0 Å². The van der Waals surface area contributed by atoms with E-state index in [2.05, 4.69) is 20.6 Å². The number of fused-ring (bicyclic) bond motifs is 2. The molecule has 9 nitrogen and oxygen atoms in total. The first-order chi connectivity index (χ1) is 15.7. The van der Waals surface area contributed by atoms with Gasteiger partial charge in [0.25, 0.3) is 11.5 Å². The second kappa shape index (κ2) is 8.89. The number of hydrogen-bond acceptors (Lipinski definition) is 6. The van der Waals surface area contributed by atoms with Gasteiger partial charge in [0, 0.05) is 43.9 Å². The van der Waals surface area contributed by atoms with Crippen LogP contribution in [0.15, 0.2) is 59.8 Å². The number of carbonyl (C=O) groups excluding carboxylic acids is 1. The summed E-state index contributed by atoms with van der Waals surface area (Å²) < 4.78 is 8.87. The van der Waals surface area contributed by atoms with E-state index >= 15 is 0 Å². The van der Waals surface area contributed by atoms with Crippen LogP contribution < -0.4 is 16.2 Å². The van der Waals surface area contributed by atoms with Crippen LogP contribution in [0.5, 0.6) is 0 Å². The van der Waals surface area contributed by atoms with E-state index in [0.29, 0.717) is 11.7 Å². The molecule has 1 aliphatic rings. The van der Waals surface area contributed by atoms with Crippen LogP contribution >= 0.6 is 0 Å². The highest BCUT2D eigenvalue weighted by molar-refractivity contribution is 5.92. The lowest BCUT2D eigenvalue weighted by Gasteiger charge is -2.23. The summed E-state index contributed by atoms with van der Waals surface area (Å²) in [6.07, 6.45) is 7.78. The van der Waals surface area contributed by atoms with Crippen molar-refractivity contribution in [1.29, 1.82) is 0 Å². The molecular weight excluding hydrogens is 408 g/mol. The molecule has 1 saturated heterocycles. The Morgan fingerprint density at radius 3 is 2.94 bits per heavy atom. The van der Waals surface area contributed by atoms with Gasteiger partial charge in [-0.05, 0) is 36.6 Å². The monoisotopic (exact) mass is 432 g/mol. The van der Waals surface area contributed by atoms with Crippen molar-refractivity contribution in [2.45, 2.75) is 32.0 Å². The van der Waals surface area contributed by atoms with Crippen LogP contribution in [-0.2, 0) is 17.8 Å². The van der Waals surface area contributed by atoms with Gasteiger partial charge in [-0.3, -0.25) is 14.0 Å². The molecule has 1 atom stereocenters. The topological polar surface area (TPSA) is 102 Å². The third kappa shape index (κ3) is 4.39. The highest BCUT2D eigenvalue weighted by Crippen LogP contribution is 2.11. The Morgan fingerprint density at radius 2 is 2.06 bits per heavy atom. The number of aromatic nitrogens is 4. The summed E-state index contributed by atoms with van der Waals surface area (Å²) in [5, 5.41) is 6.33. The molecule has 0 saturated carbocycles. The minimum absolute atomic E-state index is 0.0880. The second-order valence-corrected chi connectivity index (χ2v) is 7.92. The van der Waals surface area contributed by atoms with E-state index in [1.807, 2.05) is 28.9 Å². The van der Waals surface area contributed by atoms with Crippen molar-refractivity contribution in [3.05, 3.63) is 82.3 Å². The Balaban J connectivity index is 1.24. The van der Waals surface area contributed by atoms with Gasteiger partial charge in [-0.2, -0.15) is 0 Å². The fourth-order valence-electron chi connectivity index (χ4n) is 3.88. The zero-order chi connectivity index (χ0) is 21.9. The van der Waals surface area contributed by atoms with Crippen molar-refractivity contribution in [3.8, 4) is 0 Å². The average Bonchev–Trinajstić information content (AvgIpc) is 3.24. The van der Waals surface area contributed by atoms with E-state index in [4.69, 9.17) is 4.74 Å². The number of nitrogens with zero attached hydrogens (tertiary/aromatic N) is 4. The third-order valence-electron chi connectivity index (χ3n) is 5.55. The summed E-state index contributed by atoms with van der Waals surface area (Å²) >= 11 is 0. The third-order valence-corrected chi connectivity index (χ3v) is 5.55. The molecule has 4 aromatic rings. The maximum Gasteiger partial charge on any atom is 0.270 e. The Hall–Kier alpha value is -3.56. The minimum atomic E-state index is -0.412. The number of imidazole rings is 1. The molecule has 5 rings (SSSR count). The van der Waals surface area contributed by atoms with Crippen LogP contribution in [-0.4, -0.2) is 43.9 Å². The molecule has 9 heteroatoms. The molecule has 0 aromatic carbocycles. The number of rotatable bonds is 6. The minimum Gasteiger partial charge on any atom is -0.380 e. The summed E-state index contributed by atoms with van der Waals surface area (Å²) in [4.78, 5) is 33.6. The molecule has 0 spiro atoms. The van der Waals surface area contributed by atoms with Crippen molar-refractivity contribution in [1.82, 2.24) is 29.4 Å². The highest BCUT2D eigenvalue weighted by Gasteiger charge is 2.14. The van der Waals surface area contributed by atoms with E-state index in [1.165, 1.54) is 10.5 Å². The van der Waals surface area contributed by atoms with Crippen molar-refractivity contribution in [2.75, 3.05) is 13.2 Å². The Morgan fingerprint density at radius 1 is 1.12 bits per heavy atom. The Kier molecular flexibility index (Phi) is 5.66. The summed E-state index contributed by atoms with van der Waals surface area (Å²) in [5.74, 6) is -0.412. The van der Waals surface area contributed by atoms with Gasteiger partial charge in [-0.1, -0.05) is 12.1 Å². The number of ether oxygens (including phenoxy) is 1. The first kappa shape index (κ1) is 20.3. The smallest absolute Gasteiger partial charge is 0.270 e. The van der Waals surface area contributed by atoms with Crippen molar-refractivity contribution >= 4 is 17.2 Å². The van der Waals surface area contributed by atoms with E-state index in [9.17, 15) is 9.59 Å². The van der Waals surface area contributed by atoms with E-state index < -0.39 is 5.91 Å². The van der Waals surface area contributed by atoms with Gasteiger partial charge in [-0.25, -0.2) is 9.97 Å². The molecule has 1 amide bonds. The van der Waals surface area contributed by atoms with E-state index in [-0.39, 0.29) is 17.8 Å².